The van der Waals surface area contributed by atoms with Gasteiger partial charge in [-0.2, -0.15) is 19.8 Å². The van der Waals surface area contributed by atoms with E-state index in [1.54, 1.807) is 30.6 Å². The Hall–Kier alpha value is -7.20. The van der Waals surface area contributed by atoms with Crippen LogP contribution in [0, 0.1) is 25.5 Å². The molecular formula is C55H66Cl2F2N8O14P2. The van der Waals surface area contributed by atoms with Crippen LogP contribution in [0.5, 0.6) is 0 Å². The van der Waals surface area contributed by atoms with Gasteiger partial charge in [0.2, 0.25) is 12.2 Å². The summed E-state index contributed by atoms with van der Waals surface area (Å²) in [6, 6.07) is 12.8. The number of aromatic nitrogens is 8. The highest BCUT2D eigenvalue weighted by atomic mass is 35.5. The van der Waals surface area contributed by atoms with Crippen molar-refractivity contribution in [3.05, 3.63) is 159 Å². The van der Waals surface area contributed by atoms with Crippen LogP contribution in [0.3, 0.4) is 0 Å². The van der Waals surface area contributed by atoms with E-state index in [-0.39, 0.29) is 59.3 Å². The molecule has 4 N–H and O–H groups in total. The van der Waals surface area contributed by atoms with Gasteiger partial charge >= 0.3 is 35.3 Å². The number of esters is 2. The Balaban J connectivity index is 0.000000292. The molecule has 28 heteroatoms. The molecule has 0 bridgehead atoms. The Morgan fingerprint density at radius 2 is 1.05 bits per heavy atom. The van der Waals surface area contributed by atoms with Crippen LogP contribution in [-0.4, -0.2) is 111 Å². The van der Waals surface area contributed by atoms with E-state index in [1.807, 2.05) is 41.5 Å². The number of carboxylic acid groups (broad SMARTS) is 2. The molecule has 0 amide bonds. The molecule has 0 spiro atoms. The number of aromatic amines is 2. The SMILES string of the molecule is CC(=O)O[C@@H](C(=O)O)[C@@H](OC(=O)c1ccccc1)C(=O)O.CC1CCCO1.CC1CCCO1.Cc1ccnc(C(C)C)c1-n1c(=O)[nH]c(=O)c2cc(F)c(Cl)nc21.Cc1ccnc(C(C)C)c1-n1c(=O)[nH]c(=O)c2cc(F)c(Cl)nc21.P.P. The van der Waals surface area contributed by atoms with Crippen molar-refractivity contribution in [3.63, 3.8) is 0 Å². The first-order valence-corrected chi connectivity index (χ1v) is 26.0. The second-order valence-corrected chi connectivity index (χ2v) is 19.7. The fraction of sp³-hybridized carbons (Fsp3) is 0.382. The van der Waals surface area contributed by atoms with Gasteiger partial charge in [-0.3, -0.25) is 34.3 Å². The highest BCUT2D eigenvalue weighted by Gasteiger charge is 2.40. The normalized spacial score (nSPS) is 14.8. The second-order valence-electron chi connectivity index (χ2n) is 19.0. The number of fused-ring (bicyclic) bond motifs is 2. The molecule has 22 nitrogen and oxygen atoms in total. The van der Waals surface area contributed by atoms with Gasteiger partial charge in [0.25, 0.3) is 11.1 Å². The fourth-order valence-corrected chi connectivity index (χ4v) is 8.37. The summed E-state index contributed by atoms with van der Waals surface area (Å²) in [5, 5.41) is 16.9. The number of carbonyl (C=O) groups is 4. The number of pyridine rings is 4. The monoisotopic (exact) mass is 1230 g/mol. The fourth-order valence-electron chi connectivity index (χ4n) is 8.10. The summed E-state index contributed by atoms with van der Waals surface area (Å²) in [5.41, 5.74) is 1.10. The molecule has 2 fully saturated rings. The van der Waals surface area contributed by atoms with E-state index in [2.05, 4.69) is 53.2 Å². The number of nitrogens with zero attached hydrogens (tertiary/aromatic N) is 6. The molecule has 0 aliphatic carbocycles. The van der Waals surface area contributed by atoms with Gasteiger partial charge in [0, 0.05) is 32.5 Å². The van der Waals surface area contributed by atoms with Crippen molar-refractivity contribution in [2.45, 2.75) is 124 Å². The van der Waals surface area contributed by atoms with Crippen molar-refractivity contribution >= 4 is 88.9 Å². The number of H-pyrrole nitrogens is 2. The summed E-state index contributed by atoms with van der Waals surface area (Å²) in [6.45, 7) is 18.5. The van der Waals surface area contributed by atoms with Crippen molar-refractivity contribution < 1.29 is 57.1 Å². The number of benzene rings is 1. The summed E-state index contributed by atoms with van der Waals surface area (Å²) in [6.07, 6.45) is 5.16. The van der Waals surface area contributed by atoms with Crippen molar-refractivity contribution in [1.82, 2.24) is 39.0 Å². The van der Waals surface area contributed by atoms with E-state index in [0.29, 0.717) is 35.0 Å². The predicted octanol–water partition coefficient (Wildman–Crippen LogP) is 8.19. The van der Waals surface area contributed by atoms with Crippen LogP contribution >= 0.6 is 43.0 Å². The molecule has 2 aliphatic rings. The zero-order valence-electron chi connectivity index (χ0n) is 47.0. The molecule has 448 valence electrons. The highest BCUT2D eigenvalue weighted by molar-refractivity contribution is 6.92. The molecule has 7 aromatic rings. The van der Waals surface area contributed by atoms with Crippen LogP contribution in [-0.2, 0) is 33.3 Å². The molecule has 8 heterocycles. The topological polar surface area (TPSA) is 307 Å². The van der Waals surface area contributed by atoms with Crippen LogP contribution in [0.25, 0.3) is 33.4 Å². The molecule has 6 atom stereocenters. The van der Waals surface area contributed by atoms with E-state index in [9.17, 15) is 47.1 Å². The maximum atomic E-state index is 13.7. The molecule has 83 heavy (non-hydrogen) atoms. The Labute approximate surface area is 490 Å². The van der Waals surface area contributed by atoms with Gasteiger partial charge < -0.3 is 29.2 Å². The third kappa shape index (κ3) is 18.4. The maximum absolute atomic E-state index is 13.7. The number of ether oxygens (including phenoxy) is 4. The van der Waals surface area contributed by atoms with Crippen molar-refractivity contribution in [1.29, 1.82) is 0 Å². The minimum absolute atomic E-state index is 0. The molecule has 2 aliphatic heterocycles. The molecule has 0 radical (unpaired) electrons. The Kier molecular flexibility index (Phi) is 27.0. The first-order valence-electron chi connectivity index (χ1n) is 25.3. The third-order valence-corrected chi connectivity index (χ3v) is 12.6. The molecule has 1 aromatic carbocycles. The first kappa shape index (κ1) is 70.1. The Bertz CT molecular complexity index is 3480. The van der Waals surface area contributed by atoms with Gasteiger partial charge in [0.15, 0.2) is 33.2 Å². The summed E-state index contributed by atoms with van der Waals surface area (Å²) in [5.74, 6) is -7.15. The number of hydrogen-bond acceptors (Lipinski definition) is 16. The van der Waals surface area contributed by atoms with Crippen LogP contribution < -0.4 is 22.5 Å². The number of aliphatic carboxylic acids is 2. The van der Waals surface area contributed by atoms with Gasteiger partial charge in [-0.05, 0) is 113 Å². The highest BCUT2D eigenvalue weighted by Crippen LogP contribution is 2.28. The van der Waals surface area contributed by atoms with E-state index in [0.717, 1.165) is 43.4 Å². The number of carbonyl (C=O) groups excluding carboxylic acids is 2. The van der Waals surface area contributed by atoms with Gasteiger partial charge in [-0.25, -0.2) is 51.9 Å². The smallest absolute Gasteiger partial charge is 0.349 e. The summed E-state index contributed by atoms with van der Waals surface area (Å²) < 4.78 is 49.2. The lowest BCUT2D eigenvalue weighted by Crippen LogP contribution is -2.45. The summed E-state index contributed by atoms with van der Waals surface area (Å²) in [4.78, 5) is 115. The average molecular weight is 1230 g/mol. The van der Waals surface area contributed by atoms with E-state index < -0.39 is 80.5 Å². The largest absolute Gasteiger partial charge is 0.478 e. The average Bonchev–Trinajstić information content (AvgIpc) is 4.12. The molecule has 6 aromatic heterocycles. The second kappa shape index (κ2) is 32.0. The van der Waals surface area contributed by atoms with Crippen LogP contribution in [0.2, 0.25) is 10.3 Å². The third-order valence-electron chi connectivity index (χ3n) is 12.0. The number of halogens is 4. The van der Waals surface area contributed by atoms with Gasteiger partial charge in [-0.15, -0.1) is 0 Å². The minimum Gasteiger partial charge on any atom is -0.478 e. The lowest BCUT2D eigenvalue weighted by atomic mass is 10.0. The van der Waals surface area contributed by atoms with E-state index in [1.165, 1.54) is 59.1 Å². The van der Waals surface area contributed by atoms with Gasteiger partial charge in [-0.1, -0.05) is 69.1 Å². The summed E-state index contributed by atoms with van der Waals surface area (Å²) in [7, 11) is 0. The molecular weight excluding hydrogens is 1170 g/mol. The van der Waals surface area contributed by atoms with Gasteiger partial charge in [0.1, 0.15) is 0 Å². The molecule has 4 unspecified atom stereocenters. The number of carboxylic acids is 2. The Morgan fingerprint density at radius 1 is 0.663 bits per heavy atom. The van der Waals surface area contributed by atoms with Crippen LogP contribution in [0.4, 0.5) is 8.78 Å². The van der Waals surface area contributed by atoms with E-state index in [4.69, 9.17) is 42.9 Å². The van der Waals surface area contributed by atoms with Crippen LogP contribution in [0.1, 0.15) is 119 Å². The summed E-state index contributed by atoms with van der Waals surface area (Å²) >= 11 is 11.5. The van der Waals surface area contributed by atoms with Crippen molar-refractivity contribution in [2.75, 3.05) is 13.2 Å². The molecule has 9 rings (SSSR count). The van der Waals surface area contributed by atoms with Crippen molar-refractivity contribution in [3.8, 4) is 11.4 Å². The van der Waals surface area contributed by atoms with Crippen LogP contribution in [0.15, 0.2) is 86.2 Å². The Morgan fingerprint density at radius 3 is 1.36 bits per heavy atom. The van der Waals surface area contributed by atoms with Gasteiger partial charge in [0.05, 0.1) is 51.3 Å². The maximum Gasteiger partial charge on any atom is 0.349 e. The standard InChI is InChI=1S/2C16H14ClFN4O2.C13H12O8.2C5H10O.2H3P/c2*1-7(2)11-12(8(3)4-5-19-11)22-14-9(15(23)21-16(22)24)6-10(18)13(17)20-14;1-7(14)20-9(11(15)16)10(12(17)18)21-13(19)8-5-3-2-4-6-8;2*1-5-3-2-4-6-5;;/h2*4-7H,1-3H3,(H,21,23,24);2-6,9-10H,1H3,(H,15,16)(H,17,18);2*5H,2-4H2,1H3;2*1H3/t;;9-,10-;;;;/m..1..../s1. The van der Waals surface area contributed by atoms with E-state index >= 15 is 0 Å². The number of hydrogen-bond donors (Lipinski definition) is 4. The van der Waals surface area contributed by atoms with Crippen molar-refractivity contribution in [2.24, 2.45) is 0 Å². The number of nitrogens with one attached hydrogen (secondary N) is 2. The quantitative estimate of drug-likeness (QED) is 0.0570. The molecule has 0 saturated carbocycles. The zero-order valence-corrected chi connectivity index (χ0v) is 51.3. The minimum atomic E-state index is -2.15. The zero-order chi connectivity index (χ0) is 60.0. The lowest BCUT2D eigenvalue weighted by molar-refractivity contribution is -0.177. The predicted molar refractivity (Wildman–Crippen MR) is 317 cm³/mol. The number of aryl methyl sites for hydroxylation is 2. The lowest BCUT2D eigenvalue weighted by Gasteiger charge is -2.20. The number of rotatable bonds is 10. The first-order chi connectivity index (χ1) is 38.2. The molecule has 2 saturated heterocycles.